The van der Waals surface area contributed by atoms with Gasteiger partial charge in [0.05, 0.1) is 0 Å². The number of rotatable bonds is 6. The lowest BCUT2D eigenvalue weighted by atomic mass is 9.82. The molecule has 0 radical (unpaired) electrons. The molecule has 118 valence electrons. The Morgan fingerprint density at radius 2 is 1.75 bits per heavy atom. The van der Waals surface area contributed by atoms with Crippen LogP contribution >= 0.6 is 0 Å². The normalized spacial score (nSPS) is 30.3. The van der Waals surface area contributed by atoms with Crippen molar-refractivity contribution in [1.82, 2.24) is 15.1 Å². The van der Waals surface area contributed by atoms with Crippen molar-refractivity contribution in [3.63, 3.8) is 0 Å². The number of hydrogen-bond acceptors (Lipinski definition) is 3. The maximum absolute atomic E-state index is 3.52. The third-order valence-electron chi connectivity index (χ3n) is 5.42. The minimum atomic E-state index is 0.514. The summed E-state index contributed by atoms with van der Waals surface area (Å²) in [5.41, 5.74) is 0.514. The Hall–Kier alpha value is -0.120. The summed E-state index contributed by atoms with van der Waals surface area (Å²) in [6, 6.07) is 0. The van der Waals surface area contributed by atoms with Crippen LogP contribution in [-0.2, 0) is 0 Å². The van der Waals surface area contributed by atoms with E-state index in [-0.39, 0.29) is 0 Å². The van der Waals surface area contributed by atoms with Crippen LogP contribution in [0.15, 0.2) is 0 Å². The molecule has 0 spiro atoms. The van der Waals surface area contributed by atoms with Crippen LogP contribution in [0.2, 0.25) is 0 Å². The molecule has 3 nitrogen and oxygen atoms in total. The molecule has 20 heavy (non-hydrogen) atoms. The Morgan fingerprint density at radius 3 is 2.50 bits per heavy atom. The largest absolute Gasteiger partial charge is 0.314 e. The van der Waals surface area contributed by atoms with Gasteiger partial charge in [0, 0.05) is 31.7 Å². The van der Waals surface area contributed by atoms with Gasteiger partial charge in [0.15, 0.2) is 0 Å². The van der Waals surface area contributed by atoms with Gasteiger partial charge < -0.3 is 10.2 Å². The lowest BCUT2D eigenvalue weighted by Gasteiger charge is -2.46. The smallest absolute Gasteiger partial charge is 0.0223 e. The van der Waals surface area contributed by atoms with Gasteiger partial charge in [0.1, 0.15) is 0 Å². The number of unbranched alkanes of at least 4 members (excludes halogenated alkanes) is 3. The van der Waals surface area contributed by atoms with Crippen molar-refractivity contribution in [2.24, 2.45) is 0 Å². The van der Waals surface area contributed by atoms with Crippen molar-refractivity contribution in [2.75, 3.05) is 46.3 Å². The number of likely N-dealkylation sites (tertiary alicyclic amines) is 1. The first-order chi connectivity index (χ1) is 9.77. The topological polar surface area (TPSA) is 18.5 Å². The second-order valence-electron chi connectivity index (χ2n) is 6.93. The monoisotopic (exact) mass is 281 g/mol. The maximum Gasteiger partial charge on any atom is 0.0223 e. The number of hydrogen-bond donors (Lipinski definition) is 1. The van der Waals surface area contributed by atoms with Crippen molar-refractivity contribution in [3.05, 3.63) is 0 Å². The molecule has 0 aromatic heterocycles. The Kier molecular flexibility index (Phi) is 6.79. The van der Waals surface area contributed by atoms with Crippen LogP contribution in [0.25, 0.3) is 0 Å². The molecule has 1 atom stereocenters. The maximum atomic E-state index is 3.52. The van der Waals surface area contributed by atoms with Crippen LogP contribution in [-0.4, -0.2) is 61.7 Å². The summed E-state index contributed by atoms with van der Waals surface area (Å²) >= 11 is 0. The average Bonchev–Trinajstić information content (AvgIpc) is 2.68. The van der Waals surface area contributed by atoms with Gasteiger partial charge in [-0.25, -0.2) is 0 Å². The molecule has 0 aromatic carbocycles. The Morgan fingerprint density at radius 1 is 0.950 bits per heavy atom. The van der Waals surface area contributed by atoms with E-state index in [1.165, 1.54) is 90.6 Å². The Balaban J connectivity index is 1.97. The molecular weight excluding hydrogens is 246 g/mol. The Bertz CT molecular complexity index is 263. The van der Waals surface area contributed by atoms with Crippen LogP contribution in [0.5, 0.6) is 0 Å². The zero-order chi connectivity index (χ0) is 14.3. The third-order valence-corrected chi connectivity index (χ3v) is 5.42. The van der Waals surface area contributed by atoms with E-state index in [0.29, 0.717) is 5.54 Å². The molecule has 2 rings (SSSR count). The minimum Gasteiger partial charge on any atom is -0.314 e. The van der Waals surface area contributed by atoms with E-state index in [9.17, 15) is 0 Å². The van der Waals surface area contributed by atoms with E-state index >= 15 is 0 Å². The highest BCUT2D eigenvalue weighted by atomic mass is 15.3. The average molecular weight is 281 g/mol. The molecule has 2 fully saturated rings. The predicted octanol–water partition coefficient (Wildman–Crippen LogP) is 2.72. The van der Waals surface area contributed by atoms with Crippen molar-refractivity contribution < 1.29 is 0 Å². The van der Waals surface area contributed by atoms with Crippen molar-refractivity contribution >= 4 is 0 Å². The van der Waals surface area contributed by atoms with Crippen molar-refractivity contribution in [2.45, 2.75) is 63.8 Å². The van der Waals surface area contributed by atoms with Crippen LogP contribution in [0.3, 0.4) is 0 Å². The molecular formula is C17H35N3. The standard InChI is InChI=1S/C17H35N3/c1-3-4-5-6-8-17(20-15-11-18-12-16-20)9-7-13-19(2)14-10-17/h18H,3-16H2,1-2H3. The summed E-state index contributed by atoms with van der Waals surface area (Å²) in [5.74, 6) is 0. The first kappa shape index (κ1) is 16.3. The minimum absolute atomic E-state index is 0.514. The van der Waals surface area contributed by atoms with E-state index in [1.54, 1.807) is 0 Å². The predicted molar refractivity (Wildman–Crippen MR) is 87.3 cm³/mol. The fourth-order valence-electron chi connectivity index (χ4n) is 4.06. The SMILES string of the molecule is CCCCCCC1(N2CCNCC2)CCCN(C)CC1. The number of nitrogens with one attached hydrogen (secondary N) is 1. The molecule has 2 aliphatic rings. The van der Waals surface area contributed by atoms with Crippen molar-refractivity contribution in [3.8, 4) is 0 Å². The molecule has 0 aromatic rings. The van der Waals surface area contributed by atoms with Gasteiger partial charge in [-0.3, -0.25) is 4.90 Å². The molecule has 0 amide bonds. The zero-order valence-electron chi connectivity index (χ0n) is 13.8. The zero-order valence-corrected chi connectivity index (χ0v) is 13.8. The second kappa shape index (κ2) is 8.35. The molecule has 2 heterocycles. The highest BCUT2D eigenvalue weighted by Gasteiger charge is 2.37. The lowest BCUT2D eigenvalue weighted by Crippen LogP contribution is -2.56. The van der Waals surface area contributed by atoms with Gasteiger partial charge in [-0.1, -0.05) is 32.6 Å². The summed E-state index contributed by atoms with van der Waals surface area (Å²) in [6.07, 6.45) is 11.2. The molecule has 1 unspecified atom stereocenters. The summed E-state index contributed by atoms with van der Waals surface area (Å²) in [7, 11) is 2.30. The molecule has 1 N–H and O–H groups in total. The van der Waals surface area contributed by atoms with E-state index in [1.807, 2.05) is 0 Å². The first-order valence-electron chi connectivity index (χ1n) is 8.91. The van der Waals surface area contributed by atoms with Gasteiger partial charge >= 0.3 is 0 Å². The second-order valence-corrected chi connectivity index (χ2v) is 6.93. The Labute approximate surface area is 126 Å². The molecule has 0 saturated carbocycles. The van der Waals surface area contributed by atoms with Crippen LogP contribution in [0.1, 0.15) is 58.3 Å². The van der Waals surface area contributed by atoms with Gasteiger partial charge in [0.2, 0.25) is 0 Å². The van der Waals surface area contributed by atoms with Gasteiger partial charge in [0.25, 0.3) is 0 Å². The van der Waals surface area contributed by atoms with E-state index in [0.717, 1.165) is 0 Å². The quantitative estimate of drug-likeness (QED) is 0.755. The van der Waals surface area contributed by atoms with Gasteiger partial charge in [-0.15, -0.1) is 0 Å². The molecule has 0 aliphatic carbocycles. The molecule has 2 saturated heterocycles. The summed E-state index contributed by atoms with van der Waals surface area (Å²) in [6.45, 7) is 9.79. The first-order valence-corrected chi connectivity index (χ1v) is 8.91. The molecule has 0 bridgehead atoms. The van der Waals surface area contributed by atoms with E-state index in [4.69, 9.17) is 0 Å². The molecule has 2 aliphatic heterocycles. The lowest BCUT2D eigenvalue weighted by molar-refractivity contribution is 0.0490. The number of nitrogens with zero attached hydrogens (tertiary/aromatic N) is 2. The van der Waals surface area contributed by atoms with Gasteiger partial charge in [-0.2, -0.15) is 0 Å². The van der Waals surface area contributed by atoms with Gasteiger partial charge in [-0.05, 0) is 45.8 Å². The summed E-state index contributed by atoms with van der Waals surface area (Å²) < 4.78 is 0. The number of piperazine rings is 1. The van der Waals surface area contributed by atoms with E-state index < -0.39 is 0 Å². The summed E-state index contributed by atoms with van der Waals surface area (Å²) in [5, 5.41) is 3.52. The fraction of sp³-hybridized carbons (Fsp3) is 1.00. The van der Waals surface area contributed by atoms with Crippen molar-refractivity contribution in [1.29, 1.82) is 0 Å². The highest BCUT2D eigenvalue weighted by molar-refractivity contribution is 4.94. The van der Waals surface area contributed by atoms with Crippen LogP contribution < -0.4 is 5.32 Å². The third kappa shape index (κ3) is 4.44. The van der Waals surface area contributed by atoms with Crippen LogP contribution in [0.4, 0.5) is 0 Å². The fourth-order valence-corrected chi connectivity index (χ4v) is 4.06. The van der Waals surface area contributed by atoms with Crippen LogP contribution in [0, 0.1) is 0 Å². The molecule has 3 heteroatoms. The highest BCUT2D eigenvalue weighted by Crippen LogP contribution is 2.34. The summed E-state index contributed by atoms with van der Waals surface area (Å²) in [4.78, 5) is 5.38. The van der Waals surface area contributed by atoms with E-state index in [2.05, 4.69) is 29.1 Å².